The Morgan fingerprint density at radius 3 is 2.40 bits per heavy atom. The van der Waals surface area contributed by atoms with Crippen LogP contribution in [0.3, 0.4) is 0 Å². The second-order valence-corrected chi connectivity index (χ2v) is 8.92. The van der Waals surface area contributed by atoms with Gasteiger partial charge in [-0.2, -0.15) is 0 Å². The largest absolute Gasteiger partial charge is 0.401 e. The van der Waals surface area contributed by atoms with Crippen molar-refractivity contribution in [3.63, 3.8) is 0 Å². The summed E-state index contributed by atoms with van der Waals surface area (Å²) in [6, 6.07) is 13.6. The Morgan fingerprint density at radius 1 is 1.23 bits per heavy atom. The number of carbonyl (C=O) groups excluding carboxylic acids is 1. The monoisotopic (exact) mass is 490 g/mol. The number of aryl methyl sites for hydroxylation is 1. The zero-order chi connectivity index (χ0) is 22.3. The molecular weight excluding hydrogens is 460 g/mol. The number of hydrogen-bond acceptors (Lipinski definition) is 2. The Kier molecular flexibility index (Phi) is 8.99. The summed E-state index contributed by atoms with van der Waals surface area (Å²) in [5, 5.41) is 3.87. The van der Waals surface area contributed by atoms with Crippen molar-refractivity contribution in [2.45, 2.75) is 64.3 Å². The third-order valence-corrected chi connectivity index (χ3v) is 6.16. The highest BCUT2D eigenvalue weighted by atomic mass is 79.9. The van der Waals surface area contributed by atoms with Crippen molar-refractivity contribution in [2.75, 3.05) is 0 Å². The van der Waals surface area contributed by atoms with Crippen LogP contribution < -0.4 is 11.1 Å². The van der Waals surface area contributed by atoms with E-state index in [2.05, 4.69) is 34.7 Å². The van der Waals surface area contributed by atoms with Gasteiger partial charge in [0.15, 0.2) is 0 Å². The second-order valence-electron chi connectivity index (χ2n) is 7.57. The molecule has 0 aromatic heterocycles. The fraction of sp³-hybridized carbons (Fsp3) is 0.400. The van der Waals surface area contributed by atoms with Gasteiger partial charge in [-0.25, -0.2) is 0 Å². The van der Waals surface area contributed by atoms with E-state index in [4.69, 9.17) is 17.3 Å². The highest BCUT2D eigenvalue weighted by Crippen LogP contribution is 2.50. The van der Waals surface area contributed by atoms with Crippen LogP contribution in [-0.4, -0.2) is 11.9 Å². The molecule has 3 nitrogen and oxygen atoms in total. The Labute approximate surface area is 194 Å². The Morgan fingerprint density at radius 2 is 1.87 bits per heavy atom. The van der Waals surface area contributed by atoms with E-state index < -0.39 is 5.41 Å². The van der Waals surface area contributed by atoms with Crippen molar-refractivity contribution < 1.29 is 4.79 Å². The van der Waals surface area contributed by atoms with E-state index in [0.29, 0.717) is 17.1 Å². The quantitative estimate of drug-likeness (QED) is 0.454. The fourth-order valence-corrected chi connectivity index (χ4v) is 4.14. The standard InChI is InChI=1S/C23H26BrClN2O.C2H6/c1-3-4-17-14-19(25)9-10-20(17)23(11-12-23)22(28)27-21(15(2)26)13-16-5-7-18(24)8-6-16;1-2/h5-10,14,21H,2-4,11-13,26H2,1H3,(H,27,28);1-2H3/t21-;/m0./s1. The molecule has 5 heteroatoms. The first kappa shape index (κ1) is 24.5. The molecule has 0 spiro atoms. The van der Waals surface area contributed by atoms with Crippen molar-refractivity contribution in [1.29, 1.82) is 0 Å². The van der Waals surface area contributed by atoms with Crippen LogP contribution in [0, 0.1) is 0 Å². The maximum absolute atomic E-state index is 13.3. The second kappa shape index (κ2) is 11.0. The van der Waals surface area contributed by atoms with E-state index in [-0.39, 0.29) is 11.9 Å². The van der Waals surface area contributed by atoms with Crippen molar-refractivity contribution in [3.05, 3.63) is 80.9 Å². The van der Waals surface area contributed by atoms with Gasteiger partial charge in [0.1, 0.15) is 0 Å². The van der Waals surface area contributed by atoms with Crippen LogP contribution in [0.1, 0.15) is 56.7 Å². The van der Waals surface area contributed by atoms with Gasteiger partial charge in [0.05, 0.1) is 11.5 Å². The molecule has 2 aromatic carbocycles. The molecule has 1 aliphatic rings. The molecule has 1 aliphatic carbocycles. The minimum absolute atomic E-state index is 0.0286. The number of nitrogens with two attached hydrogens (primary N) is 1. The van der Waals surface area contributed by atoms with Crippen LogP contribution in [-0.2, 0) is 23.1 Å². The highest BCUT2D eigenvalue weighted by Gasteiger charge is 2.52. The first-order valence-corrected chi connectivity index (χ1v) is 11.8. The van der Waals surface area contributed by atoms with Gasteiger partial charge in [-0.15, -0.1) is 0 Å². The zero-order valence-corrected chi connectivity index (χ0v) is 20.4. The van der Waals surface area contributed by atoms with Gasteiger partial charge in [-0.3, -0.25) is 4.79 Å². The first-order valence-electron chi connectivity index (χ1n) is 10.6. The lowest BCUT2D eigenvalue weighted by Gasteiger charge is -2.24. The lowest BCUT2D eigenvalue weighted by atomic mass is 9.88. The van der Waals surface area contributed by atoms with Gasteiger partial charge in [0.2, 0.25) is 5.91 Å². The number of carbonyl (C=O) groups is 1. The molecule has 0 unspecified atom stereocenters. The molecule has 0 radical (unpaired) electrons. The van der Waals surface area contributed by atoms with Gasteiger partial charge in [-0.1, -0.05) is 79.5 Å². The van der Waals surface area contributed by atoms with Crippen molar-refractivity contribution >= 4 is 33.4 Å². The van der Waals surface area contributed by atoms with Gasteiger partial charge in [0, 0.05) is 15.2 Å². The molecule has 1 saturated carbocycles. The average Bonchev–Trinajstić information content (AvgIpc) is 3.53. The van der Waals surface area contributed by atoms with Gasteiger partial charge < -0.3 is 11.1 Å². The average molecular weight is 492 g/mol. The molecular formula is C25H32BrClN2O. The summed E-state index contributed by atoms with van der Waals surface area (Å²) >= 11 is 9.64. The van der Waals surface area contributed by atoms with Crippen LogP contribution in [0.4, 0.5) is 0 Å². The molecule has 1 amide bonds. The highest BCUT2D eigenvalue weighted by molar-refractivity contribution is 9.10. The molecule has 1 atom stereocenters. The van der Waals surface area contributed by atoms with Crippen molar-refractivity contribution in [1.82, 2.24) is 5.32 Å². The van der Waals surface area contributed by atoms with Crippen LogP contribution in [0.15, 0.2) is 59.2 Å². The Hall–Kier alpha value is -1.78. The zero-order valence-electron chi connectivity index (χ0n) is 18.1. The predicted molar refractivity (Wildman–Crippen MR) is 131 cm³/mol. The minimum atomic E-state index is -0.470. The summed E-state index contributed by atoms with van der Waals surface area (Å²) in [6.07, 6.45) is 4.24. The van der Waals surface area contributed by atoms with Crippen molar-refractivity contribution in [2.24, 2.45) is 5.73 Å². The third-order valence-electron chi connectivity index (χ3n) is 5.39. The van der Waals surface area contributed by atoms with Crippen LogP contribution in [0.5, 0.6) is 0 Å². The summed E-state index contributed by atoms with van der Waals surface area (Å²) in [4.78, 5) is 13.3. The first-order chi connectivity index (χ1) is 14.4. The minimum Gasteiger partial charge on any atom is -0.401 e. The van der Waals surface area contributed by atoms with Crippen LogP contribution in [0.25, 0.3) is 0 Å². The van der Waals surface area contributed by atoms with Gasteiger partial charge >= 0.3 is 0 Å². The summed E-state index contributed by atoms with van der Waals surface area (Å²) in [7, 11) is 0. The lowest BCUT2D eigenvalue weighted by Crippen LogP contribution is -2.45. The van der Waals surface area contributed by atoms with Gasteiger partial charge in [-0.05, 0) is 66.6 Å². The number of hydrogen-bond donors (Lipinski definition) is 2. The molecule has 0 heterocycles. The lowest BCUT2D eigenvalue weighted by molar-refractivity contribution is -0.124. The maximum atomic E-state index is 13.3. The van der Waals surface area contributed by atoms with E-state index >= 15 is 0 Å². The maximum Gasteiger partial charge on any atom is 0.231 e. The van der Waals surface area contributed by atoms with E-state index in [1.54, 1.807) is 0 Å². The summed E-state index contributed by atoms with van der Waals surface area (Å²) in [5.74, 6) is 0.0286. The third kappa shape index (κ3) is 5.89. The molecule has 1 fully saturated rings. The Balaban J connectivity index is 0.00000155. The fourth-order valence-electron chi connectivity index (χ4n) is 3.68. The Bertz CT molecular complexity index is 875. The summed E-state index contributed by atoms with van der Waals surface area (Å²) < 4.78 is 1.02. The molecule has 3 rings (SSSR count). The number of benzene rings is 2. The normalized spacial score (nSPS) is 14.8. The smallest absolute Gasteiger partial charge is 0.231 e. The van der Waals surface area contributed by atoms with Gasteiger partial charge in [0.25, 0.3) is 0 Å². The van der Waals surface area contributed by atoms with Crippen LogP contribution >= 0.6 is 27.5 Å². The van der Waals surface area contributed by atoms with E-state index in [0.717, 1.165) is 41.3 Å². The molecule has 0 saturated heterocycles. The molecule has 30 heavy (non-hydrogen) atoms. The molecule has 0 bridgehead atoms. The molecule has 0 aliphatic heterocycles. The number of rotatable bonds is 8. The molecule has 162 valence electrons. The van der Waals surface area contributed by atoms with E-state index in [9.17, 15) is 4.79 Å². The SMILES string of the molecule is C=C(N)[C@H](Cc1ccc(Br)cc1)NC(=O)C1(c2ccc(Cl)cc2CCC)CC1.CC. The van der Waals surface area contributed by atoms with Crippen LogP contribution in [0.2, 0.25) is 5.02 Å². The molecule has 2 aromatic rings. The molecule has 3 N–H and O–H groups in total. The number of amides is 1. The topological polar surface area (TPSA) is 55.1 Å². The summed E-state index contributed by atoms with van der Waals surface area (Å²) in [5.41, 5.74) is 9.39. The summed E-state index contributed by atoms with van der Waals surface area (Å²) in [6.45, 7) is 10.0. The number of halogens is 2. The predicted octanol–water partition coefficient (Wildman–Crippen LogP) is 6.31. The number of nitrogens with one attached hydrogen (secondary N) is 1. The van der Waals surface area contributed by atoms with Crippen molar-refractivity contribution in [3.8, 4) is 0 Å². The van der Waals surface area contributed by atoms with E-state index in [1.807, 2.05) is 56.3 Å². The van der Waals surface area contributed by atoms with E-state index in [1.165, 1.54) is 5.56 Å².